The van der Waals surface area contributed by atoms with E-state index in [0.29, 0.717) is 5.56 Å². The van der Waals surface area contributed by atoms with E-state index in [1.54, 1.807) is 0 Å². The molecule has 7 nitrogen and oxygen atoms in total. The van der Waals surface area contributed by atoms with E-state index >= 15 is 0 Å². The highest BCUT2D eigenvalue weighted by Crippen LogP contribution is 2.28. The highest BCUT2D eigenvalue weighted by atomic mass is 32.1. The summed E-state index contributed by atoms with van der Waals surface area (Å²) in [5.74, 6) is -0.948. The number of nitrogens with zero attached hydrogens (tertiary/aromatic N) is 2. The lowest BCUT2D eigenvalue weighted by atomic mass is 10.1. The summed E-state index contributed by atoms with van der Waals surface area (Å²) in [6.07, 6.45) is -3.36. The Bertz CT molecular complexity index is 973. The average molecular weight is 409 g/mol. The van der Waals surface area contributed by atoms with Gasteiger partial charge < -0.3 is 10.1 Å². The highest BCUT2D eigenvalue weighted by molar-refractivity contribution is 7.80. The molecular formula is C17H10F3N3O4S. The summed E-state index contributed by atoms with van der Waals surface area (Å²) in [4.78, 5) is 23.9. The maximum Gasteiger partial charge on any atom is 0.573 e. The molecule has 1 fully saturated rings. The molecule has 0 saturated carbocycles. The molecule has 2 aromatic rings. The van der Waals surface area contributed by atoms with Gasteiger partial charge in [0, 0.05) is 12.1 Å². The number of carbonyl (C=O) groups excluding carboxylic acids is 1. The highest BCUT2D eigenvalue weighted by Gasteiger charge is 2.33. The molecule has 28 heavy (non-hydrogen) atoms. The Morgan fingerprint density at radius 2 is 1.71 bits per heavy atom. The minimum absolute atomic E-state index is 0.0441. The Morgan fingerprint density at radius 3 is 2.25 bits per heavy atom. The molecule has 0 atom stereocenters. The summed E-state index contributed by atoms with van der Waals surface area (Å²) in [6, 6.07) is 10.2. The van der Waals surface area contributed by atoms with Gasteiger partial charge in [0.25, 0.3) is 11.6 Å². The second-order valence-electron chi connectivity index (χ2n) is 5.52. The molecule has 0 spiro atoms. The number of carbonyl (C=O) groups is 1. The summed E-state index contributed by atoms with van der Waals surface area (Å²) in [7, 11) is 0. The molecule has 0 bridgehead atoms. The predicted octanol–water partition coefficient (Wildman–Crippen LogP) is 3.76. The van der Waals surface area contributed by atoms with Gasteiger partial charge in [-0.15, -0.1) is 13.2 Å². The van der Waals surface area contributed by atoms with Crippen LogP contribution in [-0.4, -0.2) is 22.3 Å². The number of nitrogens with one attached hydrogen (secondary N) is 1. The number of ether oxygens (including phenoxy) is 1. The molecule has 1 N–H and O–H groups in total. The fraction of sp³-hybridized carbons (Fsp3) is 0.0588. The van der Waals surface area contributed by atoms with E-state index in [9.17, 15) is 28.1 Å². The maximum atomic E-state index is 12.6. The Morgan fingerprint density at radius 1 is 1.11 bits per heavy atom. The zero-order valence-electron chi connectivity index (χ0n) is 13.8. The molecule has 1 aliphatic heterocycles. The van der Waals surface area contributed by atoms with E-state index in [1.165, 1.54) is 42.5 Å². The number of amides is 1. The average Bonchev–Trinajstić information content (AvgIpc) is 2.88. The molecule has 0 unspecified atom stereocenters. The van der Waals surface area contributed by atoms with Crippen molar-refractivity contribution in [3.8, 4) is 5.75 Å². The lowest BCUT2D eigenvalue weighted by molar-refractivity contribution is -0.384. The topological polar surface area (TPSA) is 84.7 Å². The quantitative estimate of drug-likeness (QED) is 0.358. The van der Waals surface area contributed by atoms with Gasteiger partial charge in [-0.25, -0.2) is 0 Å². The molecule has 1 saturated heterocycles. The molecule has 0 radical (unpaired) electrons. The van der Waals surface area contributed by atoms with Crippen LogP contribution in [0.4, 0.5) is 24.5 Å². The van der Waals surface area contributed by atoms with Crippen molar-refractivity contribution in [2.24, 2.45) is 0 Å². The van der Waals surface area contributed by atoms with Gasteiger partial charge in [0.2, 0.25) is 0 Å². The van der Waals surface area contributed by atoms with Gasteiger partial charge in [0.15, 0.2) is 5.11 Å². The molecule has 0 aromatic heterocycles. The molecule has 1 amide bonds. The van der Waals surface area contributed by atoms with Crippen LogP contribution in [0.25, 0.3) is 6.08 Å². The molecule has 11 heteroatoms. The maximum absolute atomic E-state index is 12.6. The number of thiocarbonyl (C=S) groups is 1. The fourth-order valence-electron chi connectivity index (χ4n) is 2.43. The molecule has 1 heterocycles. The fourth-order valence-corrected chi connectivity index (χ4v) is 2.72. The number of non-ortho nitro benzene ring substituents is 1. The second-order valence-corrected chi connectivity index (χ2v) is 5.91. The van der Waals surface area contributed by atoms with Crippen LogP contribution in [0.15, 0.2) is 54.2 Å². The number of nitro groups is 1. The smallest absolute Gasteiger partial charge is 0.406 e. The Labute approximate surface area is 161 Å². The van der Waals surface area contributed by atoms with E-state index in [-0.39, 0.29) is 22.2 Å². The number of hydrogen-bond acceptors (Lipinski definition) is 5. The van der Waals surface area contributed by atoms with Crippen LogP contribution in [0.1, 0.15) is 5.56 Å². The van der Waals surface area contributed by atoms with Gasteiger partial charge in [-0.1, -0.05) is 0 Å². The van der Waals surface area contributed by atoms with Gasteiger partial charge in [-0.3, -0.25) is 19.8 Å². The number of benzene rings is 2. The third-order valence-corrected chi connectivity index (χ3v) is 3.91. The Kier molecular flexibility index (Phi) is 5.01. The van der Waals surface area contributed by atoms with Crippen molar-refractivity contribution < 1.29 is 27.6 Å². The summed E-state index contributed by atoms with van der Waals surface area (Å²) >= 11 is 5.12. The van der Waals surface area contributed by atoms with Crippen molar-refractivity contribution in [2.75, 3.05) is 4.90 Å². The summed E-state index contributed by atoms with van der Waals surface area (Å²) in [6.45, 7) is 0. The zero-order chi connectivity index (χ0) is 20.5. The third-order valence-electron chi connectivity index (χ3n) is 3.62. The van der Waals surface area contributed by atoms with Gasteiger partial charge in [0.1, 0.15) is 11.4 Å². The number of anilines is 1. The van der Waals surface area contributed by atoms with E-state index in [2.05, 4.69) is 10.1 Å². The third kappa shape index (κ3) is 4.26. The molecule has 3 rings (SSSR count). The van der Waals surface area contributed by atoms with E-state index in [4.69, 9.17) is 12.2 Å². The minimum Gasteiger partial charge on any atom is -0.406 e. The van der Waals surface area contributed by atoms with Gasteiger partial charge in [0.05, 0.1) is 10.6 Å². The van der Waals surface area contributed by atoms with Crippen LogP contribution in [0.5, 0.6) is 5.75 Å². The van der Waals surface area contributed by atoms with Gasteiger partial charge >= 0.3 is 6.36 Å². The van der Waals surface area contributed by atoms with Gasteiger partial charge in [-0.05, 0) is 60.3 Å². The van der Waals surface area contributed by atoms with Crippen LogP contribution in [-0.2, 0) is 4.79 Å². The second kappa shape index (κ2) is 7.27. The first-order valence-electron chi connectivity index (χ1n) is 7.61. The zero-order valence-corrected chi connectivity index (χ0v) is 14.6. The largest absolute Gasteiger partial charge is 0.573 e. The SMILES string of the molecule is O=C1/C(=C/c2ccc([N+](=O)[O-])cc2)NC(=S)N1c1ccc(OC(F)(F)F)cc1. The van der Waals surface area contributed by atoms with Gasteiger partial charge in [-0.2, -0.15) is 0 Å². The molecule has 144 valence electrons. The monoisotopic (exact) mass is 409 g/mol. The van der Waals surface area contributed by atoms with Crippen LogP contribution in [0.3, 0.4) is 0 Å². The summed E-state index contributed by atoms with van der Waals surface area (Å²) in [5, 5.41) is 13.4. The number of hydrogen-bond donors (Lipinski definition) is 1. The first kappa shape index (κ1) is 19.3. The van der Waals surface area contributed by atoms with Crippen molar-refractivity contribution in [3.63, 3.8) is 0 Å². The number of halogens is 3. The standard InChI is InChI=1S/C17H10F3N3O4S/c18-17(19,20)27-13-7-5-11(6-8-13)22-15(24)14(21-16(22)28)9-10-1-3-12(4-2-10)23(25)26/h1-9H,(H,21,28)/b14-9-. The van der Waals surface area contributed by atoms with E-state index in [1.807, 2.05) is 0 Å². The van der Waals surface area contributed by atoms with Crippen molar-refractivity contribution in [2.45, 2.75) is 6.36 Å². The van der Waals surface area contributed by atoms with E-state index in [0.717, 1.165) is 17.0 Å². The van der Waals surface area contributed by atoms with Crippen molar-refractivity contribution in [3.05, 3.63) is 69.9 Å². The predicted molar refractivity (Wildman–Crippen MR) is 97.4 cm³/mol. The molecule has 2 aromatic carbocycles. The van der Waals surface area contributed by atoms with Crippen LogP contribution in [0.2, 0.25) is 0 Å². The van der Waals surface area contributed by atoms with E-state index < -0.39 is 22.9 Å². The van der Waals surface area contributed by atoms with Crippen molar-refractivity contribution >= 4 is 40.7 Å². The lowest BCUT2D eigenvalue weighted by Crippen LogP contribution is -2.30. The summed E-state index contributed by atoms with van der Waals surface area (Å²) in [5.41, 5.74) is 0.810. The normalized spacial score (nSPS) is 15.7. The van der Waals surface area contributed by atoms with Crippen LogP contribution in [0, 0.1) is 10.1 Å². The Balaban J connectivity index is 1.80. The van der Waals surface area contributed by atoms with Crippen LogP contribution >= 0.6 is 12.2 Å². The first-order chi connectivity index (χ1) is 13.1. The molecule has 1 aliphatic rings. The van der Waals surface area contributed by atoms with Crippen molar-refractivity contribution in [1.82, 2.24) is 5.32 Å². The number of nitro benzene ring substituents is 1. The van der Waals surface area contributed by atoms with Crippen LogP contribution < -0.4 is 15.0 Å². The first-order valence-corrected chi connectivity index (χ1v) is 8.02. The molecule has 0 aliphatic carbocycles. The summed E-state index contributed by atoms with van der Waals surface area (Å²) < 4.78 is 40.5. The number of rotatable bonds is 4. The number of alkyl halides is 3. The lowest BCUT2D eigenvalue weighted by Gasteiger charge is -2.15. The van der Waals surface area contributed by atoms with Crippen molar-refractivity contribution in [1.29, 1.82) is 0 Å². The minimum atomic E-state index is -4.82. The Hall–Kier alpha value is -3.47. The molecular weight excluding hydrogens is 399 g/mol.